The molecule has 0 aliphatic carbocycles. The lowest BCUT2D eigenvalue weighted by Crippen LogP contribution is -2.31. The van der Waals surface area contributed by atoms with E-state index in [0.717, 1.165) is 30.5 Å². The van der Waals surface area contributed by atoms with E-state index >= 15 is 0 Å². The SMILES string of the molecule is C=C1CC(c2cc(C(F)(F)F)cc(C(F)(F)F)c2)C(C)N1C/C(=C\c1cc(CCC(F)(F)F)c(F)cc1CC)CC(C)(C)CCC. The van der Waals surface area contributed by atoms with Crippen LogP contribution in [0, 0.1) is 11.2 Å². The predicted molar refractivity (Wildman–Crippen MR) is 161 cm³/mol. The average Bonchev–Trinajstić information content (AvgIpc) is 3.19. The Morgan fingerprint density at radius 2 is 1.46 bits per heavy atom. The van der Waals surface area contributed by atoms with Gasteiger partial charge in [0.2, 0.25) is 0 Å². The number of rotatable bonds is 11. The summed E-state index contributed by atoms with van der Waals surface area (Å²) in [6, 6.07) is 3.83. The Balaban J connectivity index is 2.06. The Labute approximate surface area is 264 Å². The third-order valence-corrected chi connectivity index (χ3v) is 8.71. The zero-order chi connectivity index (χ0) is 34.8. The minimum Gasteiger partial charge on any atom is -0.368 e. The second kappa shape index (κ2) is 14.0. The molecule has 2 aromatic carbocycles. The first-order valence-corrected chi connectivity index (χ1v) is 15.4. The monoisotopic (exact) mass is 665 g/mol. The van der Waals surface area contributed by atoms with Gasteiger partial charge in [0.05, 0.1) is 11.1 Å². The summed E-state index contributed by atoms with van der Waals surface area (Å²) in [5, 5.41) is 0. The van der Waals surface area contributed by atoms with Crippen molar-refractivity contribution in [3.8, 4) is 0 Å². The molecule has 3 rings (SSSR count). The predicted octanol–water partition coefficient (Wildman–Crippen LogP) is 11.9. The molecule has 46 heavy (non-hydrogen) atoms. The van der Waals surface area contributed by atoms with Crippen molar-refractivity contribution in [2.24, 2.45) is 5.41 Å². The van der Waals surface area contributed by atoms with Crippen LogP contribution in [-0.4, -0.2) is 23.7 Å². The van der Waals surface area contributed by atoms with Gasteiger partial charge in [-0.05, 0) is 103 Å². The Morgan fingerprint density at radius 1 is 0.870 bits per heavy atom. The fourth-order valence-corrected chi connectivity index (χ4v) is 6.45. The molecule has 0 aromatic heterocycles. The highest BCUT2D eigenvalue weighted by Crippen LogP contribution is 2.44. The standard InChI is InChI=1S/C35H41F10N/c1-7-10-32(5,6)19-23(13-26-14-25(9-11-33(37,38)39)31(36)17-24(26)8-2)20-46-21(3)12-30(22(46)4)27-15-28(34(40,41)42)18-29(16-27)35(43,44)45/h13-18,22,30H,3,7-12,19-20H2,1-2,4-6H3/b23-13-. The molecule has 256 valence electrons. The van der Waals surface area contributed by atoms with Crippen LogP contribution in [-0.2, 0) is 25.2 Å². The summed E-state index contributed by atoms with van der Waals surface area (Å²) in [6.07, 6.45) is -11.4. The minimum atomic E-state index is -4.97. The minimum absolute atomic E-state index is 0.0584. The zero-order valence-electron chi connectivity index (χ0n) is 26.7. The van der Waals surface area contributed by atoms with Crippen LogP contribution in [0.1, 0.15) is 106 Å². The number of allylic oxidation sites excluding steroid dienone is 1. The molecule has 1 heterocycles. The largest absolute Gasteiger partial charge is 0.416 e. The van der Waals surface area contributed by atoms with Crippen molar-refractivity contribution >= 4 is 6.08 Å². The lowest BCUT2D eigenvalue weighted by Gasteiger charge is -2.32. The van der Waals surface area contributed by atoms with Gasteiger partial charge < -0.3 is 4.90 Å². The third-order valence-electron chi connectivity index (χ3n) is 8.71. The quantitative estimate of drug-likeness (QED) is 0.216. The Bertz CT molecular complexity index is 1380. The maximum Gasteiger partial charge on any atom is 0.416 e. The summed E-state index contributed by atoms with van der Waals surface area (Å²) in [7, 11) is 0. The van der Waals surface area contributed by atoms with E-state index in [-0.39, 0.29) is 35.6 Å². The van der Waals surface area contributed by atoms with E-state index in [1.54, 1.807) is 13.8 Å². The molecule has 0 amide bonds. The molecule has 1 aliphatic heterocycles. The van der Waals surface area contributed by atoms with Gasteiger partial charge in [0.1, 0.15) is 5.82 Å². The molecular formula is C35H41F10N. The average molecular weight is 666 g/mol. The van der Waals surface area contributed by atoms with E-state index in [1.165, 1.54) is 12.1 Å². The molecular weight excluding hydrogens is 624 g/mol. The molecule has 2 atom stereocenters. The van der Waals surface area contributed by atoms with Crippen molar-refractivity contribution in [3.63, 3.8) is 0 Å². The summed E-state index contributed by atoms with van der Waals surface area (Å²) in [5.74, 6) is -1.42. The highest BCUT2D eigenvalue weighted by Gasteiger charge is 2.40. The van der Waals surface area contributed by atoms with Crippen LogP contribution in [0.4, 0.5) is 43.9 Å². The number of hydrogen-bond donors (Lipinski definition) is 0. The first kappa shape index (κ1) is 37.5. The van der Waals surface area contributed by atoms with Crippen LogP contribution in [0.25, 0.3) is 6.08 Å². The topological polar surface area (TPSA) is 3.24 Å². The molecule has 1 nitrogen and oxygen atoms in total. The number of alkyl halides is 9. The first-order valence-electron chi connectivity index (χ1n) is 15.4. The van der Waals surface area contributed by atoms with Crippen molar-refractivity contribution in [3.05, 3.63) is 87.4 Å². The van der Waals surface area contributed by atoms with E-state index in [2.05, 4.69) is 20.4 Å². The van der Waals surface area contributed by atoms with E-state index in [0.29, 0.717) is 29.7 Å². The van der Waals surface area contributed by atoms with Crippen molar-refractivity contribution in [1.82, 2.24) is 4.90 Å². The van der Waals surface area contributed by atoms with Crippen molar-refractivity contribution in [2.45, 2.75) is 110 Å². The second-order valence-corrected chi connectivity index (χ2v) is 13.1. The van der Waals surface area contributed by atoms with Gasteiger partial charge in [-0.1, -0.05) is 46.8 Å². The Hall–Kier alpha value is -2.98. The van der Waals surface area contributed by atoms with Crippen LogP contribution < -0.4 is 0 Å². The van der Waals surface area contributed by atoms with Crippen molar-refractivity contribution in [1.29, 1.82) is 0 Å². The zero-order valence-corrected chi connectivity index (χ0v) is 26.7. The molecule has 0 radical (unpaired) electrons. The molecule has 0 spiro atoms. The van der Waals surface area contributed by atoms with Crippen LogP contribution >= 0.6 is 0 Å². The fraction of sp³-hybridized carbons (Fsp3) is 0.543. The van der Waals surface area contributed by atoms with E-state index in [4.69, 9.17) is 0 Å². The van der Waals surface area contributed by atoms with Crippen LogP contribution in [0.5, 0.6) is 0 Å². The summed E-state index contributed by atoms with van der Waals surface area (Å²) in [5.41, 5.74) is -0.537. The summed E-state index contributed by atoms with van der Waals surface area (Å²) in [6.45, 7) is 14.1. The van der Waals surface area contributed by atoms with E-state index in [9.17, 15) is 43.9 Å². The van der Waals surface area contributed by atoms with Crippen molar-refractivity contribution < 1.29 is 43.9 Å². The molecule has 0 saturated carbocycles. The molecule has 0 bridgehead atoms. The van der Waals surface area contributed by atoms with E-state index in [1.807, 2.05) is 17.9 Å². The van der Waals surface area contributed by atoms with Gasteiger partial charge in [-0.3, -0.25) is 0 Å². The molecule has 1 fully saturated rings. The maximum atomic E-state index is 14.8. The maximum absolute atomic E-state index is 14.8. The highest BCUT2D eigenvalue weighted by molar-refractivity contribution is 5.59. The van der Waals surface area contributed by atoms with Crippen molar-refractivity contribution in [2.75, 3.05) is 6.54 Å². The Kier molecular flexibility index (Phi) is 11.4. The van der Waals surface area contributed by atoms with E-state index < -0.39 is 60.3 Å². The molecule has 1 aliphatic rings. The highest BCUT2D eigenvalue weighted by atomic mass is 19.4. The van der Waals surface area contributed by atoms with Gasteiger partial charge in [-0.2, -0.15) is 39.5 Å². The first-order chi connectivity index (χ1) is 21.0. The number of likely N-dealkylation sites (tertiary alicyclic amines) is 1. The molecule has 2 aromatic rings. The molecule has 2 unspecified atom stereocenters. The van der Waals surface area contributed by atoms with Gasteiger partial charge >= 0.3 is 18.5 Å². The second-order valence-electron chi connectivity index (χ2n) is 13.1. The normalized spacial score (nSPS) is 18.5. The molecule has 11 heteroatoms. The number of nitrogens with zero attached hydrogens (tertiary/aromatic N) is 1. The number of aryl methyl sites for hydroxylation is 2. The van der Waals surface area contributed by atoms with Gasteiger partial charge in [0.25, 0.3) is 0 Å². The van der Waals surface area contributed by atoms with Crippen LogP contribution in [0.2, 0.25) is 0 Å². The summed E-state index contributed by atoms with van der Waals surface area (Å²) >= 11 is 0. The summed E-state index contributed by atoms with van der Waals surface area (Å²) < 4.78 is 135. The summed E-state index contributed by atoms with van der Waals surface area (Å²) in [4.78, 5) is 1.87. The lowest BCUT2D eigenvalue weighted by molar-refractivity contribution is -0.143. The third kappa shape index (κ3) is 9.77. The number of hydrogen-bond acceptors (Lipinski definition) is 1. The van der Waals surface area contributed by atoms with Gasteiger partial charge in [0.15, 0.2) is 0 Å². The molecule has 1 saturated heterocycles. The molecule has 0 N–H and O–H groups in total. The van der Waals surface area contributed by atoms with Crippen LogP contribution in [0.15, 0.2) is 48.2 Å². The van der Waals surface area contributed by atoms with Gasteiger partial charge in [-0.15, -0.1) is 0 Å². The number of halogens is 10. The fourth-order valence-electron chi connectivity index (χ4n) is 6.45. The van der Waals surface area contributed by atoms with Crippen LogP contribution in [0.3, 0.4) is 0 Å². The lowest BCUT2D eigenvalue weighted by atomic mass is 9.80. The Morgan fingerprint density at radius 3 is 1.96 bits per heavy atom. The van der Waals surface area contributed by atoms with Gasteiger partial charge in [-0.25, -0.2) is 4.39 Å². The smallest absolute Gasteiger partial charge is 0.368 e. The van der Waals surface area contributed by atoms with Gasteiger partial charge in [0, 0.05) is 30.6 Å². The number of benzene rings is 2.